The number of rotatable bonds is 3. The van der Waals surface area contributed by atoms with Gasteiger partial charge in [0.1, 0.15) is 0 Å². The SMILES string of the molecule is C#CCC(C=C)N(C)C(C)(C)C. The van der Waals surface area contributed by atoms with Gasteiger partial charge in [-0.05, 0) is 27.8 Å². The first-order valence-corrected chi connectivity index (χ1v) is 4.22. The van der Waals surface area contributed by atoms with Gasteiger partial charge < -0.3 is 0 Å². The summed E-state index contributed by atoms with van der Waals surface area (Å²) in [5, 5.41) is 0. The van der Waals surface area contributed by atoms with E-state index < -0.39 is 0 Å². The van der Waals surface area contributed by atoms with E-state index in [0.717, 1.165) is 6.42 Å². The highest BCUT2D eigenvalue weighted by Crippen LogP contribution is 2.16. The van der Waals surface area contributed by atoms with Crippen LogP contribution < -0.4 is 0 Å². The van der Waals surface area contributed by atoms with Crippen molar-refractivity contribution < 1.29 is 0 Å². The summed E-state index contributed by atoms with van der Waals surface area (Å²) in [5.41, 5.74) is 0.149. The molecule has 0 radical (unpaired) electrons. The minimum Gasteiger partial charge on any atom is -0.294 e. The van der Waals surface area contributed by atoms with Crippen molar-refractivity contribution >= 4 is 0 Å². The van der Waals surface area contributed by atoms with E-state index in [1.54, 1.807) is 0 Å². The normalized spacial score (nSPS) is 14.0. The van der Waals surface area contributed by atoms with Crippen molar-refractivity contribution in [1.82, 2.24) is 4.90 Å². The maximum atomic E-state index is 5.26. The third-order valence-corrected chi connectivity index (χ3v) is 2.15. The first-order chi connectivity index (χ1) is 5.43. The highest BCUT2D eigenvalue weighted by Gasteiger charge is 2.22. The van der Waals surface area contributed by atoms with Crippen molar-refractivity contribution in [3.63, 3.8) is 0 Å². The van der Waals surface area contributed by atoms with Gasteiger partial charge in [0.25, 0.3) is 0 Å². The first kappa shape index (κ1) is 11.3. The average Bonchev–Trinajstić information content (AvgIpc) is 1.97. The zero-order valence-corrected chi connectivity index (χ0v) is 8.59. The Hall–Kier alpha value is -0.740. The van der Waals surface area contributed by atoms with Gasteiger partial charge in [-0.2, -0.15) is 0 Å². The summed E-state index contributed by atoms with van der Waals surface area (Å²) in [5.74, 6) is 2.66. The Morgan fingerprint density at radius 2 is 2.08 bits per heavy atom. The van der Waals surface area contributed by atoms with Crippen LogP contribution in [0.1, 0.15) is 27.2 Å². The Kier molecular flexibility index (Phi) is 4.06. The molecule has 0 rings (SSSR count). The van der Waals surface area contributed by atoms with E-state index in [-0.39, 0.29) is 11.6 Å². The Labute approximate surface area is 76.5 Å². The molecule has 0 aromatic heterocycles. The number of terminal acetylenes is 1. The Balaban J connectivity index is 4.33. The maximum absolute atomic E-state index is 5.26. The van der Waals surface area contributed by atoms with Crippen LogP contribution in [-0.2, 0) is 0 Å². The highest BCUT2D eigenvalue weighted by atomic mass is 15.2. The van der Waals surface area contributed by atoms with Crippen LogP contribution in [0.25, 0.3) is 0 Å². The van der Waals surface area contributed by atoms with Gasteiger partial charge in [0.05, 0.1) is 0 Å². The molecule has 0 amide bonds. The molecule has 0 aliphatic heterocycles. The van der Waals surface area contributed by atoms with Crippen molar-refractivity contribution in [3.05, 3.63) is 12.7 Å². The van der Waals surface area contributed by atoms with Gasteiger partial charge in [-0.1, -0.05) is 6.08 Å². The first-order valence-electron chi connectivity index (χ1n) is 4.22. The van der Waals surface area contributed by atoms with Gasteiger partial charge in [0.2, 0.25) is 0 Å². The Bertz CT molecular complexity index is 180. The average molecular weight is 165 g/mol. The standard InChI is InChI=1S/C11H19N/c1-7-9-10(8-2)12(6)11(3,4)5/h1,8,10H,2,9H2,3-6H3. The summed E-state index contributed by atoms with van der Waals surface area (Å²) >= 11 is 0. The molecule has 1 nitrogen and oxygen atoms in total. The Morgan fingerprint density at radius 3 is 2.33 bits per heavy atom. The fourth-order valence-electron chi connectivity index (χ4n) is 0.997. The molecule has 0 saturated carbocycles. The van der Waals surface area contributed by atoms with Crippen LogP contribution >= 0.6 is 0 Å². The molecular formula is C11H19N. The topological polar surface area (TPSA) is 3.24 Å². The second-order valence-electron chi connectivity index (χ2n) is 3.99. The zero-order valence-electron chi connectivity index (χ0n) is 8.59. The predicted octanol–water partition coefficient (Wildman–Crippen LogP) is 2.29. The molecule has 1 unspecified atom stereocenters. The lowest BCUT2D eigenvalue weighted by atomic mass is 10.0. The third kappa shape index (κ3) is 3.11. The molecule has 12 heavy (non-hydrogen) atoms. The van der Waals surface area contributed by atoms with Crippen molar-refractivity contribution in [2.24, 2.45) is 0 Å². The van der Waals surface area contributed by atoms with Crippen LogP contribution in [0.3, 0.4) is 0 Å². The lowest BCUT2D eigenvalue weighted by molar-refractivity contribution is 0.143. The van der Waals surface area contributed by atoms with E-state index in [1.807, 2.05) is 6.08 Å². The van der Waals surface area contributed by atoms with Gasteiger partial charge >= 0.3 is 0 Å². The van der Waals surface area contributed by atoms with E-state index >= 15 is 0 Å². The fraction of sp³-hybridized carbons (Fsp3) is 0.636. The van der Waals surface area contributed by atoms with Crippen molar-refractivity contribution in [2.45, 2.75) is 38.8 Å². The number of hydrogen-bond acceptors (Lipinski definition) is 1. The molecule has 0 aromatic carbocycles. The molecule has 68 valence electrons. The molecule has 1 heteroatoms. The molecule has 0 spiro atoms. The number of nitrogens with zero attached hydrogens (tertiary/aromatic N) is 1. The molecule has 0 aromatic rings. The second-order valence-corrected chi connectivity index (χ2v) is 3.99. The van der Waals surface area contributed by atoms with E-state index in [4.69, 9.17) is 6.42 Å². The maximum Gasteiger partial charge on any atom is 0.0387 e. The summed E-state index contributed by atoms with van der Waals surface area (Å²) < 4.78 is 0. The van der Waals surface area contributed by atoms with Crippen LogP contribution in [0.4, 0.5) is 0 Å². The molecule has 0 fully saturated rings. The smallest absolute Gasteiger partial charge is 0.0387 e. The predicted molar refractivity (Wildman–Crippen MR) is 55.0 cm³/mol. The molecule has 1 atom stereocenters. The van der Waals surface area contributed by atoms with Crippen molar-refractivity contribution in [2.75, 3.05) is 7.05 Å². The van der Waals surface area contributed by atoms with Crippen molar-refractivity contribution in [3.8, 4) is 12.3 Å². The third-order valence-electron chi connectivity index (χ3n) is 2.15. The summed E-state index contributed by atoms with van der Waals surface area (Å²) in [6.45, 7) is 10.3. The van der Waals surface area contributed by atoms with E-state index in [0.29, 0.717) is 0 Å². The molecule has 0 heterocycles. The monoisotopic (exact) mass is 165 g/mol. The second kappa shape index (κ2) is 4.33. The summed E-state index contributed by atoms with van der Waals surface area (Å²) in [7, 11) is 2.07. The molecule has 0 bridgehead atoms. The van der Waals surface area contributed by atoms with Crippen LogP contribution in [0, 0.1) is 12.3 Å². The van der Waals surface area contributed by atoms with Gasteiger partial charge in [-0.3, -0.25) is 4.90 Å². The lowest BCUT2D eigenvalue weighted by Crippen LogP contribution is -2.44. The molecular weight excluding hydrogens is 146 g/mol. The number of hydrogen-bond donors (Lipinski definition) is 0. The molecule has 0 saturated heterocycles. The minimum absolute atomic E-state index is 0.149. The summed E-state index contributed by atoms with van der Waals surface area (Å²) in [6, 6.07) is 0.287. The van der Waals surface area contributed by atoms with Gasteiger partial charge in [0, 0.05) is 18.0 Å². The van der Waals surface area contributed by atoms with Crippen LogP contribution in [0.15, 0.2) is 12.7 Å². The fourth-order valence-corrected chi connectivity index (χ4v) is 0.997. The molecule has 0 aliphatic carbocycles. The molecule has 0 N–H and O–H groups in total. The van der Waals surface area contributed by atoms with Gasteiger partial charge in [-0.25, -0.2) is 0 Å². The quantitative estimate of drug-likeness (QED) is 0.458. The van der Waals surface area contributed by atoms with E-state index in [2.05, 4.69) is 45.2 Å². The largest absolute Gasteiger partial charge is 0.294 e. The number of likely N-dealkylation sites (N-methyl/N-ethyl adjacent to an activating group) is 1. The van der Waals surface area contributed by atoms with E-state index in [1.165, 1.54) is 0 Å². The van der Waals surface area contributed by atoms with Crippen LogP contribution in [0.5, 0.6) is 0 Å². The van der Waals surface area contributed by atoms with E-state index in [9.17, 15) is 0 Å². The van der Waals surface area contributed by atoms with Gasteiger partial charge in [-0.15, -0.1) is 18.9 Å². The van der Waals surface area contributed by atoms with Crippen LogP contribution in [-0.4, -0.2) is 23.5 Å². The van der Waals surface area contributed by atoms with Crippen molar-refractivity contribution in [1.29, 1.82) is 0 Å². The summed E-state index contributed by atoms with van der Waals surface area (Å²) in [6.07, 6.45) is 7.90. The molecule has 0 aliphatic rings. The van der Waals surface area contributed by atoms with Gasteiger partial charge in [0.15, 0.2) is 0 Å². The van der Waals surface area contributed by atoms with Crippen LogP contribution in [0.2, 0.25) is 0 Å². The Morgan fingerprint density at radius 1 is 1.58 bits per heavy atom. The zero-order chi connectivity index (χ0) is 9.78. The minimum atomic E-state index is 0.149. The summed E-state index contributed by atoms with van der Waals surface area (Å²) in [4.78, 5) is 2.24. The lowest BCUT2D eigenvalue weighted by Gasteiger charge is -2.36. The highest BCUT2D eigenvalue weighted by molar-refractivity contribution is 5.00.